The Morgan fingerprint density at radius 3 is 1.96 bits per heavy atom. The summed E-state index contributed by atoms with van der Waals surface area (Å²) in [5, 5.41) is 0. The molecule has 1 nitrogen and oxygen atoms in total. The van der Waals surface area contributed by atoms with Crippen LogP contribution >= 0.6 is 0 Å². The second-order valence-electron chi connectivity index (χ2n) is 12.9. The molecule has 0 spiro atoms. The second kappa shape index (κ2) is 15.8. The molecule has 2 aliphatic rings. The highest BCUT2D eigenvalue weighted by atomic mass is 19.2. The molecule has 0 aromatic heterocycles. The van der Waals surface area contributed by atoms with Gasteiger partial charge in [-0.15, -0.1) is 0 Å². The zero-order valence-electron chi connectivity index (χ0n) is 26.7. The molecule has 0 heterocycles. The normalized spacial score (nSPS) is 20.4. The molecule has 2 aliphatic carbocycles. The van der Waals surface area contributed by atoms with Crippen molar-refractivity contribution in [3.8, 4) is 28.0 Å². The number of benzene rings is 3. The third kappa shape index (κ3) is 7.91. The van der Waals surface area contributed by atoms with Gasteiger partial charge in [-0.25, -0.2) is 13.2 Å². The monoisotopic (exact) mass is 618 g/mol. The fourth-order valence-corrected chi connectivity index (χ4v) is 7.22. The van der Waals surface area contributed by atoms with E-state index in [-0.39, 0.29) is 16.9 Å². The number of rotatable bonds is 12. The number of halogens is 4. The first-order valence-corrected chi connectivity index (χ1v) is 16.9. The van der Waals surface area contributed by atoms with E-state index in [1.54, 1.807) is 36.4 Å². The van der Waals surface area contributed by atoms with Crippen molar-refractivity contribution in [1.82, 2.24) is 0 Å². The van der Waals surface area contributed by atoms with E-state index in [2.05, 4.69) is 32.1 Å². The van der Waals surface area contributed by atoms with Crippen molar-refractivity contribution in [2.75, 3.05) is 6.61 Å². The van der Waals surface area contributed by atoms with Crippen LogP contribution in [0.4, 0.5) is 17.6 Å². The lowest BCUT2D eigenvalue weighted by atomic mass is 9.70. The van der Waals surface area contributed by atoms with E-state index in [1.807, 2.05) is 0 Å². The van der Waals surface area contributed by atoms with Crippen molar-refractivity contribution in [1.29, 1.82) is 0 Å². The molecule has 1 unspecified atom stereocenters. The first kappa shape index (κ1) is 33.0. The minimum Gasteiger partial charge on any atom is -0.490 e. The van der Waals surface area contributed by atoms with E-state index in [4.69, 9.17) is 4.74 Å². The summed E-state index contributed by atoms with van der Waals surface area (Å²) < 4.78 is 65.9. The Balaban J connectivity index is 1.23. The molecule has 0 saturated heterocycles. The van der Waals surface area contributed by atoms with Gasteiger partial charge in [0.15, 0.2) is 23.2 Å². The van der Waals surface area contributed by atoms with E-state index in [9.17, 15) is 8.78 Å². The summed E-state index contributed by atoms with van der Waals surface area (Å²) in [4.78, 5) is 0. The molecular weight excluding hydrogens is 572 g/mol. The third-order valence-corrected chi connectivity index (χ3v) is 9.97. The fourth-order valence-electron chi connectivity index (χ4n) is 7.22. The van der Waals surface area contributed by atoms with Crippen molar-refractivity contribution in [2.45, 2.75) is 90.9 Å². The van der Waals surface area contributed by atoms with Crippen LogP contribution in [0, 0.1) is 41.0 Å². The van der Waals surface area contributed by atoms with Crippen molar-refractivity contribution >= 4 is 5.57 Å². The molecule has 0 N–H and O–H groups in total. The average molecular weight is 619 g/mol. The van der Waals surface area contributed by atoms with E-state index >= 15 is 8.78 Å². The van der Waals surface area contributed by atoms with Gasteiger partial charge in [0.25, 0.3) is 0 Å². The Hall–Kier alpha value is -3.34. The molecule has 3 aromatic carbocycles. The lowest BCUT2D eigenvalue weighted by Gasteiger charge is -2.35. The predicted molar refractivity (Wildman–Crippen MR) is 177 cm³/mol. The lowest BCUT2D eigenvalue weighted by Crippen LogP contribution is -2.23. The van der Waals surface area contributed by atoms with Gasteiger partial charge in [0.1, 0.15) is 0 Å². The lowest BCUT2D eigenvalue weighted by molar-refractivity contribution is 0.190. The highest BCUT2D eigenvalue weighted by Crippen LogP contribution is 2.43. The Labute approximate surface area is 266 Å². The summed E-state index contributed by atoms with van der Waals surface area (Å²) in [6.45, 7) is 4.47. The van der Waals surface area contributed by atoms with E-state index in [1.165, 1.54) is 50.7 Å². The van der Waals surface area contributed by atoms with Gasteiger partial charge in [0.05, 0.1) is 6.61 Å². The van der Waals surface area contributed by atoms with Gasteiger partial charge in [-0.1, -0.05) is 87.2 Å². The van der Waals surface area contributed by atoms with Gasteiger partial charge in [0, 0.05) is 16.7 Å². The van der Waals surface area contributed by atoms with E-state index in [0.29, 0.717) is 29.2 Å². The number of ether oxygens (including phenoxy) is 1. The molecule has 5 heteroatoms. The maximum Gasteiger partial charge on any atom is 0.201 e. The second-order valence-corrected chi connectivity index (χ2v) is 12.9. The molecule has 0 radical (unpaired) electrons. The highest BCUT2D eigenvalue weighted by molar-refractivity contribution is 5.74. The molecule has 1 atom stereocenters. The summed E-state index contributed by atoms with van der Waals surface area (Å²) in [6.07, 6.45) is 19.6. The predicted octanol–water partition coefficient (Wildman–Crippen LogP) is 12.5. The summed E-state index contributed by atoms with van der Waals surface area (Å²) in [5.41, 5.74) is 2.37. The molecule has 5 rings (SSSR count). The van der Waals surface area contributed by atoms with Crippen LogP contribution in [0.25, 0.3) is 27.8 Å². The number of hydrogen-bond acceptors (Lipinski definition) is 1. The maximum absolute atomic E-state index is 15.4. The van der Waals surface area contributed by atoms with Crippen LogP contribution in [0.5, 0.6) is 5.75 Å². The highest BCUT2D eigenvalue weighted by Gasteiger charge is 2.29. The van der Waals surface area contributed by atoms with Crippen molar-refractivity contribution in [3.05, 3.63) is 95.6 Å². The van der Waals surface area contributed by atoms with Gasteiger partial charge < -0.3 is 4.74 Å². The van der Waals surface area contributed by atoms with Gasteiger partial charge in [-0.3, -0.25) is 0 Å². The Morgan fingerprint density at radius 2 is 1.33 bits per heavy atom. The quantitative estimate of drug-likeness (QED) is 0.111. The minimum atomic E-state index is -1.02. The molecule has 0 bridgehead atoms. The average Bonchev–Trinajstić information content (AvgIpc) is 3.07. The molecule has 0 aliphatic heterocycles. The zero-order valence-corrected chi connectivity index (χ0v) is 26.7. The summed E-state index contributed by atoms with van der Waals surface area (Å²) in [5.74, 6) is -1.63. The van der Waals surface area contributed by atoms with Gasteiger partial charge in [0.2, 0.25) is 5.82 Å². The number of hydrogen-bond donors (Lipinski definition) is 0. The van der Waals surface area contributed by atoms with Crippen LogP contribution in [0.2, 0.25) is 0 Å². The molecular formula is C40H46F4O. The summed E-state index contributed by atoms with van der Waals surface area (Å²) in [7, 11) is 0. The molecule has 3 aromatic rings. The summed E-state index contributed by atoms with van der Waals surface area (Å²) >= 11 is 0. The largest absolute Gasteiger partial charge is 0.490 e. The van der Waals surface area contributed by atoms with E-state index < -0.39 is 23.3 Å². The molecule has 45 heavy (non-hydrogen) atoms. The van der Waals surface area contributed by atoms with Crippen LogP contribution < -0.4 is 4.74 Å². The van der Waals surface area contributed by atoms with Crippen molar-refractivity contribution in [2.24, 2.45) is 17.8 Å². The third-order valence-electron chi connectivity index (χ3n) is 9.97. The first-order valence-electron chi connectivity index (χ1n) is 16.9. The molecule has 0 amide bonds. The van der Waals surface area contributed by atoms with Crippen molar-refractivity contribution < 1.29 is 22.3 Å². The Bertz CT molecular complexity index is 1480. The Kier molecular flexibility index (Phi) is 11.6. The van der Waals surface area contributed by atoms with Gasteiger partial charge in [-0.05, 0) is 105 Å². The maximum atomic E-state index is 15.4. The van der Waals surface area contributed by atoms with E-state index in [0.717, 1.165) is 55.9 Å². The Morgan fingerprint density at radius 1 is 0.711 bits per heavy atom. The number of unbranched alkanes of at least 4 members (excludes halogenated alkanes) is 2. The minimum absolute atomic E-state index is 0.0851. The topological polar surface area (TPSA) is 9.23 Å². The summed E-state index contributed by atoms with van der Waals surface area (Å²) in [6, 6.07) is 12.6. The van der Waals surface area contributed by atoms with Crippen LogP contribution in [0.15, 0.2) is 66.8 Å². The van der Waals surface area contributed by atoms with Crippen LogP contribution in [-0.2, 0) is 0 Å². The molecule has 1 fully saturated rings. The smallest absolute Gasteiger partial charge is 0.201 e. The zero-order chi connectivity index (χ0) is 31.8. The van der Waals surface area contributed by atoms with Crippen LogP contribution in [0.3, 0.4) is 0 Å². The first-order chi connectivity index (χ1) is 21.9. The fraction of sp³-hybridized carbons (Fsp3) is 0.450. The van der Waals surface area contributed by atoms with Gasteiger partial charge >= 0.3 is 0 Å². The van der Waals surface area contributed by atoms with Gasteiger partial charge in [-0.2, -0.15) is 4.39 Å². The number of allylic oxidation sites excluding steroid dienone is 4. The SMILES string of the molecule is C/C=C/CCC1CCC(C2CC=C(c3ccc(-c4ccc(-c5ccc(OCCCCC)c(F)c5F)cc4)c(F)c3F)CC2)CC1. The van der Waals surface area contributed by atoms with Crippen LogP contribution in [0.1, 0.15) is 96.5 Å². The van der Waals surface area contributed by atoms with Crippen LogP contribution in [-0.4, -0.2) is 6.61 Å². The molecule has 240 valence electrons. The molecule has 1 saturated carbocycles. The standard InChI is InChI=1S/C40H46F4O/c1-3-5-7-9-27-10-12-28(13-11-27)29-14-16-30(17-15-29)33-22-23-34(38(42)37(33)41)31-18-20-32(21-19-31)35-24-25-36(40(44)39(35)43)45-26-8-6-4-2/h3,5,16,18-25,27-29H,4,6-15,17,26H2,1-2H3/b5-3+. The van der Waals surface area contributed by atoms with Crippen molar-refractivity contribution in [3.63, 3.8) is 0 Å².